The van der Waals surface area contributed by atoms with Crippen molar-refractivity contribution in [3.8, 4) is 0 Å². The molecule has 0 aromatic carbocycles. The maximum Gasteiger partial charge on any atom is 0.172 e. The Morgan fingerprint density at radius 1 is 1.41 bits per heavy atom. The van der Waals surface area contributed by atoms with Gasteiger partial charge < -0.3 is 16.8 Å². The van der Waals surface area contributed by atoms with Crippen molar-refractivity contribution in [1.82, 2.24) is 15.3 Å². The molecule has 0 atom stereocenters. The van der Waals surface area contributed by atoms with E-state index < -0.39 is 0 Å². The van der Waals surface area contributed by atoms with Gasteiger partial charge in [0.15, 0.2) is 16.8 Å². The molecule has 1 aromatic heterocycles. The second-order valence-electron chi connectivity index (χ2n) is 2.98. The van der Waals surface area contributed by atoms with Gasteiger partial charge in [0.05, 0.1) is 5.70 Å². The summed E-state index contributed by atoms with van der Waals surface area (Å²) in [5.41, 5.74) is 11.9. The number of anilines is 2. The zero-order valence-corrected chi connectivity index (χ0v) is 10.1. The number of nitrogen functional groups attached to an aromatic ring is 2. The SMILES string of the molecule is C=C(N/C=C\N=C/C)c1nc(Cl)c(N)nc1N. The molecule has 1 aromatic rings. The molecule has 0 fully saturated rings. The van der Waals surface area contributed by atoms with Gasteiger partial charge in [0.1, 0.15) is 5.69 Å². The van der Waals surface area contributed by atoms with Crippen LogP contribution >= 0.6 is 11.6 Å². The Balaban J connectivity index is 2.86. The molecule has 0 aliphatic rings. The highest BCUT2D eigenvalue weighted by molar-refractivity contribution is 6.31. The van der Waals surface area contributed by atoms with Gasteiger partial charge in [0, 0.05) is 18.6 Å². The van der Waals surface area contributed by atoms with E-state index in [1.54, 1.807) is 18.6 Å². The highest BCUT2D eigenvalue weighted by Crippen LogP contribution is 2.20. The van der Waals surface area contributed by atoms with Crippen LogP contribution in [0.2, 0.25) is 5.15 Å². The van der Waals surface area contributed by atoms with Crippen LogP contribution in [-0.2, 0) is 0 Å². The molecular weight excluding hydrogens is 240 g/mol. The van der Waals surface area contributed by atoms with Crippen LogP contribution in [0, 0.1) is 0 Å². The Bertz CT molecular complexity index is 480. The van der Waals surface area contributed by atoms with Gasteiger partial charge >= 0.3 is 0 Å². The van der Waals surface area contributed by atoms with Crippen LogP contribution in [0.4, 0.5) is 11.6 Å². The molecular formula is C10H13ClN6. The molecule has 17 heavy (non-hydrogen) atoms. The van der Waals surface area contributed by atoms with Crippen LogP contribution < -0.4 is 16.8 Å². The fourth-order valence-electron chi connectivity index (χ4n) is 0.999. The van der Waals surface area contributed by atoms with E-state index >= 15 is 0 Å². The Morgan fingerprint density at radius 2 is 2.12 bits per heavy atom. The zero-order valence-electron chi connectivity index (χ0n) is 9.31. The van der Waals surface area contributed by atoms with Crippen molar-refractivity contribution in [2.75, 3.05) is 11.5 Å². The first-order chi connectivity index (χ1) is 8.06. The van der Waals surface area contributed by atoms with E-state index in [4.69, 9.17) is 23.1 Å². The first-order valence-electron chi connectivity index (χ1n) is 4.73. The fourth-order valence-corrected chi connectivity index (χ4v) is 1.13. The van der Waals surface area contributed by atoms with E-state index in [2.05, 4.69) is 26.9 Å². The summed E-state index contributed by atoms with van der Waals surface area (Å²) < 4.78 is 0. The third kappa shape index (κ3) is 3.46. The predicted molar refractivity (Wildman–Crippen MR) is 71.3 cm³/mol. The van der Waals surface area contributed by atoms with E-state index in [-0.39, 0.29) is 16.8 Å². The van der Waals surface area contributed by atoms with Crippen LogP contribution in [0.1, 0.15) is 12.6 Å². The normalized spacial score (nSPS) is 11.2. The third-order valence-electron chi connectivity index (χ3n) is 1.76. The lowest BCUT2D eigenvalue weighted by atomic mass is 10.3. The smallest absolute Gasteiger partial charge is 0.172 e. The molecule has 0 unspecified atom stereocenters. The minimum Gasteiger partial charge on any atom is -0.382 e. The van der Waals surface area contributed by atoms with Crippen molar-refractivity contribution in [2.45, 2.75) is 6.92 Å². The number of hydrogen-bond donors (Lipinski definition) is 3. The summed E-state index contributed by atoms with van der Waals surface area (Å²) in [7, 11) is 0. The molecule has 0 saturated heterocycles. The summed E-state index contributed by atoms with van der Waals surface area (Å²) in [4.78, 5) is 11.7. The van der Waals surface area contributed by atoms with Crippen LogP contribution in [0.3, 0.4) is 0 Å². The van der Waals surface area contributed by atoms with Gasteiger partial charge in [0.25, 0.3) is 0 Å². The average molecular weight is 253 g/mol. The number of hydrogen-bond acceptors (Lipinski definition) is 6. The zero-order chi connectivity index (χ0) is 12.8. The number of nitrogens with one attached hydrogen (secondary N) is 1. The summed E-state index contributed by atoms with van der Waals surface area (Å²) in [5, 5.41) is 2.94. The molecule has 7 heteroatoms. The minimum atomic E-state index is 0.0897. The van der Waals surface area contributed by atoms with Crippen molar-refractivity contribution >= 4 is 35.1 Å². The number of aliphatic imine (C=N–C) groups is 1. The highest BCUT2D eigenvalue weighted by atomic mass is 35.5. The van der Waals surface area contributed by atoms with Gasteiger partial charge in [-0.2, -0.15) is 0 Å². The van der Waals surface area contributed by atoms with E-state index in [1.807, 2.05) is 6.92 Å². The topological polar surface area (TPSA) is 102 Å². The molecule has 0 aliphatic heterocycles. The summed E-state index contributed by atoms with van der Waals surface area (Å²) >= 11 is 5.75. The molecule has 0 aliphatic carbocycles. The fraction of sp³-hybridized carbons (Fsp3) is 0.100. The number of nitrogens with zero attached hydrogens (tertiary/aromatic N) is 3. The van der Waals surface area contributed by atoms with E-state index in [0.29, 0.717) is 11.4 Å². The van der Waals surface area contributed by atoms with Gasteiger partial charge in [-0.1, -0.05) is 18.2 Å². The molecule has 1 rings (SSSR count). The largest absolute Gasteiger partial charge is 0.382 e. The molecule has 0 amide bonds. The van der Waals surface area contributed by atoms with Gasteiger partial charge in [0.2, 0.25) is 0 Å². The lowest BCUT2D eigenvalue weighted by molar-refractivity contribution is 1.12. The van der Waals surface area contributed by atoms with Crippen molar-refractivity contribution in [3.63, 3.8) is 0 Å². The van der Waals surface area contributed by atoms with Crippen molar-refractivity contribution in [1.29, 1.82) is 0 Å². The molecule has 0 spiro atoms. The van der Waals surface area contributed by atoms with E-state index in [0.717, 1.165) is 0 Å². The molecule has 0 radical (unpaired) electrons. The van der Waals surface area contributed by atoms with Gasteiger partial charge in [-0.25, -0.2) is 9.97 Å². The number of halogens is 1. The molecule has 1 heterocycles. The Hall–Kier alpha value is -2.08. The maximum atomic E-state index is 5.75. The number of aromatic nitrogens is 2. The van der Waals surface area contributed by atoms with Crippen LogP contribution in [0.15, 0.2) is 24.0 Å². The molecule has 6 nitrogen and oxygen atoms in total. The predicted octanol–water partition coefficient (Wildman–Crippen LogP) is 1.42. The second-order valence-corrected chi connectivity index (χ2v) is 3.34. The van der Waals surface area contributed by atoms with Crippen LogP contribution in [-0.4, -0.2) is 16.2 Å². The number of rotatable bonds is 4. The second kappa shape index (κ2) is 5.86. The quantitative estimate of drug-likeness (QED) is 0.704. The summed E-state index contributed by atoms with van der Waals surface area (Å²) in [5.74, 6) is 0.253. The molecule has 0 bridgehead atoms. The van der Waals surface area contributed by atoms with Crippen LogP contribution in [0.25, 0.3) is 5.70 Å². The molecule has 0 saturated carbocycles. The first kappa shape index (κ1) is 13.0. The van der Waals surface area contributed by atoms with Crippen molar-refractivity contribution in [2.24, 2.45) is 4.99 Å². The highest BCUT2D eigenvalue weighted by Gasteiger charge is 2.09. The lowest BCUT2D eigenvalue weighted by Crippen LogP contribution is -2.10. The van der Waals surface area contributed by atoms with E-state index in [1.165, 1.54) is 0 Å². The molecule has 5 N–H and O–H groups in total. The number of nitrogens with two attached hydrogens (primary N) is 2. The van der Waals surface area contributed by atoms with Gasteiger partial charge in [-0.3, -0.25) is 4.99 Å². The lowest BCUT2D eigenvalue weighted by Gasteiger charge is -2.08. The monoisotopic (exact) mass is 252 g/mol. The van der Waals surface area contributed by atoms with Crippen molar-refractivity contribution in [3.05, 3.63) is 29.8 Å². The summed E-state index contributed by atoms with van der Waals surface area (Å²) in [6.45, 7) is 5.57. The van der Waals surface area contributed by atoms with E-state index in [9.17, 15) is 0 Å². The Kier molecular flexibility index (Phi) is 4.47. The summed E-state index contributed by atoms with van der Waals surface area (Å²) in [6.07, 6.45) is 4.80. The minimum absolute atomic E-state index is 0.0897. The van der Waals surface area contributed by atoms with Gasteiger partial charge in [-0.05, 0) is 6.92 Å². The Morgan fingerprint density at radius 3 is 2.76 bits per heavy atom. The van der Waals surface area contributed by atoms with Crippen molar-refractivity contribution < 1.29 is 0 Å². The van der Waals surface area contributed by atoms with Gasteiger partial charge in [-0.15, -0.1) is 0 Å². The average Bonchev–Trinajstić information content (AvgIpc) is 2.29. The standard InChI is InChI=1S/C10H13ClN6/c1-3-14-4-5-15-6(2)7-9(12)17-10(13)8(11)16-7/h3-5,15H,2H2,1H3,(H4,12,13,17)/b5-4-,14-3-. The molecule has 90 valence electrons. The Labute approximate surface area is 104 Å². The van der Waals surface area contributed by atoms with Crippen LogP contribution in [0.5, 0.6) is 0 Å². The summed E-state index contributed by atoms with van der Waals surface area (Å²) in [6, 6.07) is 0. The third-order valence-corrected chi connectivity index (χ3v) is 2.04. The first-order valence-corrected chi connectivity index (χ1v) is 5.11. The maximum absolute atomic E-state index is 5.75.